The second kappa shape index (κ2) is 7.56. The SMILES string of the molecule is NC(C(=O)NCC(=O)NCc1ccccc1)c1cccs1. The molecule has 1 aromatic heterocycles. The molecule has 2 rings (SSSR count). The van der Waals surface area contributed by atoms with Gasteiger partial charge in [-0.2, -0.15) is 0 Å². The first-order valence-corrected chi connectivity index (χ1v) is 7.42. The van der Waals surface area contributed by atoms with Gasteiger partial charge in [0.15, 0.2) is 0 Å². The number of hydrogen-bond donors (Lipinski definition) is 3. The lowest BCUT2D eigenvalue weighted by Crippen LogP contribution is -2.40. The summed E-state index contributed by atoms with van der Waals surface area (Å²) in [6, 6.07) is 12.5. The van der Waals surface area contributed by atoms with Crippen LogP contribution in [0.25, 0.3) is 0 Å². The van der Waals surface area contributed by atoms with Gasteiger partial charge in [-0.1, -0.05) is 36.4 Å². The molecule has 0 bridgehead atoms. The fourth-order valence-electron chi connectivity index (χ4n) is 1.73. The van der Waals surface area contributed by atoms with E-state index in [9.17, 15) is 9.59 Å². The Morgan fingerprint density at radius 3 is 2.52 bits per heavy atom. The molecule has 1 aromatic carbocycles. The van der Waals surface area contributed by atoms with Crippen LogP contribution in [0.4, 0.5) is 0 Å². The number of carbonyl (C=O) groups is 2. The third kappa shape index (κ3) is 4.70. The minimum Gasteiger partial charge on any atom is -0.350 e. The Kier molecular flexibility index (Phi) is 5.48. The molecule has 0 radical (unpaired) electrons. The minimum atomic E-state index is -0.730. The van der Waals surface area contributed by atoms with E-state index in [-0.39, 0.29) is 18.4 Å². The predicted octanol–water partition coefficient (Wildman–Crippen LogP) is 1.18. The summed E-state index contributed by atoms with van der Waals surface area (Å²) in [5.41, 5.74) is 6.81. The van der Waals surface area contributed by atoms with Gasteiger partial charge >= 0.3 is 0 Å². The van der Waals surface area contributed by atoms with Crippen LogP contribution in [0.5, 0.6) is 0 Å². The van der Waals surface area contributed by atoms with Crippen LogP contribution in [0.2, 0.25) is 0 Å². The molecular formula is C15H17N3O2S. The van der Waals surface area contributed by atoms with Crippen LogP contribution in [0.15, 0.2) is 47.8 Å². The third-order valence-electron chi connectivity index (χ3n) is 2.89. The van der Waals surface area contributed by atoms with Gasteiger partial charge in [0.25, 0.3) is 0 Å². The van der Waals surface area contributed by atoms with Crippen LogP contribution in [0.3, 0.4) is 0 Å². The van der Waals surface area contributed by atoms with E-state index in [1.54, 1.807) is 6.07 Å². The van der Waals surface area contributed by atoms with Gasteiger partial charge in [0.1, 0.15) is 6.04 Å². The van der Waals surface area contributed by atoms with E-state index in [1.807, 2.05) is 41.8 Å². The van der Waals surface area contributed by atoms with Crippen molar-refractivity contribution in [2.24, 2.45) is 5.73 Å². The standard InChI is InChI=1S/C15H17N3O2S/c16-14(12-7-4-8-21-12)15(20)18-10-13(19)17-9-11-5-2-1-3-6-11/h1-8,14H,9-10,16H2,(H,17,19)(H,18,20). The fourth-order valence-corrected chi connectivity index (χ4v) is 2.46. The Morgan fingerprint density at radius 1 is 1.10 bits per heavy atom. The normalized spacial score (nSPS) is 11.7. The van der Waals surface area contributed by atoms with Gasteiger partial charge in [-0.3, -0.25) is 9.59 Å². The molecule has 4 N–H and O–H groups in total. The van der Waals surface area contributed by atoms with E-state index >= 15 is 0 Å². The average Bonchev–Trinajstić information content (AvgIpc) is 3.05. The van der Waals surface area contributed by atoms with Gasteiger partial charge in [-0.15, -0.1) is 11.3 Å². The molecule has 0 saturated carbocycles. The molecule has 0 fully saturated rings. The molecule has 0 aliphatic rings. The van der Waals surface area contributed by atoms with Crippen molar-refractivity contribution < 1.29 is 9.59 Å². The maximum absolute atomic E-state index is 11.8. The molecule has 0 spiro atoms. The number of carbonyl (C=O) groups excluding carboxylic acids is 2. The zero-order valence-corrected chi connectivity index (χ0v) is 12.2. The Labute approximate surface area is 127 Å². The Balaban J connectivity index is 1.72. The predicted molar refractivity (Wildman–Crippen MR) is 82.5 cm³/mol. The molecule has 2 aromatic rings. The molecule has 5 nitrogen and oxygen atoms in total. The topological polar surface area (TPSA) is 84.2 Å². The van der Waals surface area contributed by atoms with Gasteiger partial charge in [-0.05, 0) is 17.0 Å². The summed E-state index contributed by atoms with van der Waals surface area (Å²) in [6.07, 6.45) is 0. The number of hydrogen-bond acceptors (Lipinski definition) is 4. The molecule has 0 aliphatic heterocycles. The van der Waals surface area contributed by atoms with Crippen molar-refractivity contribution in [2.45, 2.75) is 12.6 Å². The van der Waals surface area contributed by atoms with Gasteiger partial charge < -0.3 is 16.4 Å². The zero-order chi connectivity index (χ0) is 15.1. The zero-order valence-electron chi connectivity index (χ0n) is 11.4. The summed E-state index contributed by atoms with van der Waals surface area (Å²) in [4.78, 5) is 24.3. The van der Waals surface area contributed by atoms with Crippen LogP contribution >= 0.6 is 11.3 Å². The maximum Gasteiger partial charge on any atom is 0.242 e. The summed E-state index contributed by atoms with van der Waals surface area (Å²) >= 11 is 1.41. The maximum atomic E-state index is 11.8. The highest BCUT2D eigenvalue weighted by Crippen LogP contribution is 2.16. The molecule has 0 saturated heterocycles. The molecule has 6 heteroatoms. The molecular weight excluding hydrogens is 286 g/mol. The quantitative estimate of drug-likeness (QED) is 0.749. The molecule has 21 heavy (non-hydrogen) atoms. The molecule has 110 valence electrons. The van der Waals surface area contributed by atoms with Crippen molar-refractivity contribution in [1.29, 1.82) is 0 Å². The lowest BCUT2D eigenvalue weighted by Gasteiger charge is -2.11. The smallest absolute Gasteiger partial charge is 0.242 e. The Morgan fingerprint density at radius 2 is 1.86 bits per heavy atom. The number of rotatable bonds is 6. The first-order chi connectivity index (χ1) is 10.2. The van der Waals surface area contributed by atoms with Crippen LogP contribution in [0.1, 0.15) is 16.5 Å². The lowest BCUT2D eigenvalue weighted by atomic mass is 10.2. The molecule has 1 atom stereocenters. The summed E-state index contributed by atoms with van der Waals surface area (Å²) in [5, 5.41) is 7.13. The van der Waals surface area contributed by atoms with E-state index < -0.39 is 6.04 Å². The van der Waals surface area contributed by atoms with Gasteiger partial charge in [0.2, 0.25) is 11.8 Å². The highest BCUT2D eigenvalue weighted by Gasteiger charge is 2.17. The lowest BCUT2D eigenvalue weighted by molar-refractivity contribution is -0.126. The number of amides is 2. The molecule has 1 heterocycles. The minimum absolute atomic E-state index is 0.0786. The third-order valence-corrected chi connectivity index (χ3v) is 3.84. The van der Waals surface area contributed by atoms with Crippen molar-refractivity contribution in [3.8, 4) is 0 Å². The van der Waals surface area contributed by atoms with E-state index in [2.05, 4.69) is 10.6 Å². The number of thiophene rings is 1. The number of nitrogens with one attached hydrogen (secondary N) is 2. The van der Waals surface area contributed by atoms with Crippen molar-refractivity contribution in [1.82, 2.24) is 10.6 Å². The largest absolute Gasteiger partial charge is 0.350 e. The summed E-state index contributed by atoms with van der Waals surface area (Å²) < 4.78 is 0. The summed E-state index contributed by atoms with van der Waals surface area (Å²) in [6.45, 7) is 0.358. The van der Waals surface area contributed by atoms with Crippen molar-refractivity contribution in [3.05, 3.63) is 58.3 Å². The fraction of sp³-hybridized carbons (Fsp3) is 0.200. The number of benzene rings is 1. The van der Waals surface area contributed by atoms with Crippen LogP contribution in [-0.4, -0.2) is 18.4 Å². The van der Waals surface area contributed by atoms with Crippen molar-refractivity contribution in [2.75, 3.05) is 6.54 Å². The second-order valence-electron chi connectivity index (χ2n) is 4.47. The molecule has 0 aliphatic carbocycles. The first-order valence-electron chi connectivity index (χ1n) is 6.54. The summed E-state index contributed by atoms with van der Waals surface area (Å²) in [7, 11) is 0. The highest BCUT2D eigenvalue weighted by atomic mass is 32.1. The van der Waals surface area contributed by atoms with E-state index in [0.717, 1.165) is 10.4 Å². The average molecular weight is 303 g/mol. The van der Waals surface area contributed by atoms with Crippen molar-refractivity contribution >= 4 is 23.2 Å². The molecule has 2 amide bonds. The molecule has 1 unspecified atom stereocenters. The van der Waals surface area contributed by atoms with Crippen LogP contribution in [0, 0.1) is 0 Å². The van der Waals surface area contributed by atoms with Crippen LogP contribution in [-0.2, 0) is 16.1 Å². The summed E-state index contributed by atoms with van der Waals surface area (Å²) in [5.74, 6) is -0.599. The van der Waals surface area contributed by atoms with E-state index in [1.165, 1.54) is 11.3 Å². The Hall–Kier alpha value is -2.18. The second-order valence-corrected chi connectivity index (χ2v) is 5.45. The van der Waals surface area contributed by atoms with Gasteiger partial charge in [0.05, 0.1) is 6.54 Å². The highest BCUT2D eigenvalue weighted by molar-refractivity contribution is 7.10. The van der Waals surface area contributed by atoms with Gasteiger partial charge in [0, 0.05) is 11.4 Å². The van der Waals surface area contributed by atoms with Crippen molar-refractivity contribution in [3.63, 3.8) is 0 Å². The van der Waals surface area contributed by atoms with E-state index in [4.69, 9.17) is 5.73 Å². The van der Waals surface area contributed by atoms with Crippen LogP contribution < -0.4 is 16.4 Å². The van der Waals surface area contributed by atoms with E-state index in [0.29, 0.717) is 6.54 Å². The number of nitrogens with two attached hydrogens (primary N) is 1. The monoisotopic (exact) mass is 303 g/mol. The van der Waals surface area contributed by atoms with Gasteiger partial charge in [-0.25, -0.2) is 0 Å². The first kappa shape index (κ1) is 15.2. The Bertz CT molecular complexity index is 584.